The van der Waals surface area contributed by atoms with E-state index in [0.29, 0.717) is 24.6 Å². The van der Waals surface area contributed by atoms with Gasteiger partial charge in [-0.05, 0) is 81.6 Å². The maximum absolute atomic E-state index is 14.0. The van der Waals surface area contributed by atoms with Crippen LogP contribution in [0.1, 0.15) is 43.9 Å². The van der Waals surface area contributed by atoms with Crippen molar-refractivity contribution in [2.24, 2.45) is 0 Å². The maximum Gasteiger partial charge on any atom is 0.264 e. The third-order valence-electron chi connectivity index (χ3n) is 6.64. The molecule has 0 aliphatic heterocycles. The van der Waals surface area contributed by atoms with Crippen molar-refractivity contribution < 1.29 is 22.7 Å². The molecule has 0 unspecified atom stereocenters. The minimum absolute atomic E-state index is 0.0310. The van der Waals surface area contributed by atoms with Crippen LogP contribution in [0.5, 0.6) is 5.75 Å². The molecule has 0 aromatic heterocycles. The first-order valence-corrected chi connectivity index (χ1v) is 15.0. The number of amides is 2. The Morgan fingerprint density at radius 2 is 1.57 bits per heavy atom. The van der Waals surface area contributed by atoms with Crippen molar-refractivity contribution in [1.82, 2.24) is 10.2 Å². The van der Waals surface area contributed by atoms with Crippen LogP contribution in [0, 0.1) is 13.8 Å². The number of rotatable bonds is 13. The van der Waals surface area contributed by atoms with Gasteiger partial charge in [-0.15, -0.1) is 0 Å². The summed E-state index contributed by atoms with van der Waals surface area (Å²) in [6, 6.07) is 19.9. The van der Waals surface area contributed by atoms with E-state index in [1.807, 2.05) is 52.0 Å². The van der Waals surface area contributed by atoms with E-state index >= 15 is 0 Å². The van der Waals surface area contributed by atoms with Gasteiger partial charge in [0, 0.05) is 13.1 Å². The van der Waals surface area contributed by atoms with Crippen LogP contribution in [0.4, 0.5) is 5.69 Å². The molecule has 8 nitrogen and oxygen atoms in total. The van der Waals surface area contributed by atoms with Crippen molar-refractivity contribution >= 4 is 27.5 Å². The fourth-order valence-corrected chi connectivity index (χ4v) is 5.61. The van der Waals surface area contributed by atoms with Crippen LogP contribution in [0.15, 0.2) is 77.7 Å². The van der Waals surface area contributed by atoms with Crippen LogP contribution in [0.25, 0.3) is 0 Å². The highest BCUT2D eigenvalue weighted by Gasteiger charge is 2.32. The molecule has 9 heteroatoms. The lowest BCUT2D eigenvalue weighted by molar-refractivity contribution is -0.139. The second-order valence-electron chi connectivity index (χ2n) is 9.67. The Balaban J connectivity index is 2.01. The molecule has 0 aliphatic rings. The highest BCUT2D eigenvalue weighted by Crippen LogP contribution is 2.26. The summed E-state index contributed by atoms with van der Waals surface area (Å²) in [7, 11) is -4.14. The summed E-state index contributed by atoms with van der Waals surface area (Å²) in [6.07, 6.45) is 0.756. The number of carbonyl (C=O) groups excluding carboxylic acids is 2. The number of benzene rings is 3. The zero-order valence-electron chi connectivity index (χ0n) is 23.9. The number of hydrogen-bond donors (Lipinski definition) is 1. The molecule has 0 bridgehead atoms. The summed E-state index contributed by atoms with van der Waals surface area (Å²) >= 11 is 0. The molecule has 3 aromatic carbocycles. The highest BCUT2D eigenvalue weighted by molar-refractivity contribution is 7.92. The Labute approximate surface area is 238 Å². The molecule has 1 N–H and O–H groups in total. The predicted octanol–water partition coefficient (Wildman–Crippen LogP) is 4.84. The molecule has 1 atom stereocenters. The number of aryl methyl sites for hydroxylation is 2. The Bertz CT molecular complexity index is 1390. The zero-order valence-corrected chi connectivity index (χ0v) is 24.7. The number of anilines is 1. The molecule has 0 saturated heterocycles. The second kappa shape index (κ2) is 14.0. The lowest BCUT2D eigenvalue weighted by Crippen LogP contribution is -2.51. The molecule has 0 spiro atoms. The van der Waals surface area contributed by atoms with Crippen molar-refractivity contribution in [3.8, 4) is 5.75 Å². The van der Waals surface area contributed by atoms with Crippen LogP contribution in [-0.2, 0) is 26.2 Å². The quantitative estimate of drug-likeness (QED) is 0.320. The van der Waals surface area contributed by atoms with Gasteiger partial charge in [-0.25, -0.2) is 8.42 Å². The molecular formula is C31H39N3O5S. The van der Waals surface area contributed by atoms with E-state index in [4.69, 9.17) is 4.74 Å². The molecule has 40 heavy (non-hydrogen) atoms. The van der Waals surface area contributed by atoms with Crippen molar-refractivity contribution in [2.75, 3.05) is 24.0 Å². The summed E-state index contributed by atoms with van der Waals surface area (Å²) in [5.41, 5.74) is 3.16. The third kappa shape index (κ3) is 7.63. The van der Waals surface area contributed by atoms with E-state index in [1.165, 1.54) is 17.0 Å². The largest absolute Gasteiger partial charge is 0.494 e. The number of hydrogen-bond acceptors (Lipinski definition) is 5. The van der Waals surface area contributed by atoms with Gasteiger partial charge in [0.25, 0.3) is 10.0 Å². The average Bonchev–Trinajstić information content (AvgIpc) is 2.94. The number of nitrogens with zero attached hydrogens (tertiary/aromatic N) is 2. The van der Waals surface area contributed by atoms with Gasteiger partial charge in [0.15, 0.2) is 0 Å². The molecule has 0 aliphatic carbocycles. The van der Waals surface area contributed by atoms with Gasteiger partial charge < -0.3 is 15.0 Å². The number of carbonyl (C=O) groups is 2. The van der Waals surface area contributed by atoms with Crippen LogP contribution >= 0.6 is 0 Å². The van der Waals surface area contributed by atoms with E-state index in [-0.39, 0.29) is 17.3 Å². The Kier molecular flexibility index (Phi) is 10.7. The van der Waals surface area contributed by atoms with Gasteiger partial charge in [0.2, 0.25) is 11.8 Å². The average molecular weight is 566 g/mol. The molecule has 214 valence electrons. The minimum Gasteiger partial charge on any atom is -0.494 e. The number of ether oxygens (including phenoxy) is 1. The summed E-state index contributed by atoms with van der Waals surface area (Å²) in [5, 5.41) is 2.85. The van der Waals surface area contributed by atoms with E-state index in [0.717, 1.165) is 27.4 Å². The van der Waals surface area contributed by atoms with Crippen molar-refractivity contribution in [3.05, 3.63) is 89.5 Å². The lowest BCUT2D eigenvalue weighted by atomic mass is 10.1. The van der Waals surface area contributed by atoms with Crippen LogP contribution in [0.3, 0.4) is 0 Å². The minimum atomic E-state index is -4.14. The molecule has 0 fully saturated rings. The van der Waals surface area contributed by atoms with E-state index in [9.17, 15) is 18.0 Å². The lowest BCUT2D eigenvalue weighted by Gasteiger charge is -2.32. The van der Waals surface area contributed by atoms with Crippen molar-refractivity contribution in [1.29, 1.82) is 0 Å². The SMILES string of the molecule is CCCNC(=O)[C@@H](C)N(Cc1ccccc1C)C(=O)CN(c1ccc(C)cc1)S(=O)(=O)c1ccc(OCC)cc1. The molecule has 3 aromatic rings. The summed E-state index contributed by atoms with van der Waals surface area (Å²) < 4.78 is 34.4. The van der Waals surface area contributed by atoms with Gasteiger partial charge in [-0.3, -0.25) is 13.9 Å². The van der Waals surface area contributed by atoms with Gasteiger partial charge in [-0.2, -0.15) is 0 Å². The van der Waals surface area contributed by atoms with E-state index in [1.54, 1.807) is 43.3 Å². The van der Waals surface area contributed by atoms with Gasteiger partial charge in [0.05, 0.1) is 17.2 Å². The van der Waals surface area contributed by atoms with Gasteiger partial charge in [-0.1, -0.05) is 48.9 Å². The molecular weight excluding hydrogens is 526 g/mol. The Morgan fingerprint density at radius 3 is 2.17 bits per heavy atom. The number of nitrogens with one attached hydrogen (secondary N) is 1. The first-order chi connectivity index (χ1) is 19.1. The van der Waals surface area contributed by atoms with Crippen molar-refractivity contribution in [2.45, 2.75) is 58.5 Å². The smallest absolute Gasteiger partial charge is 0.264 e. The first kappa shape index (κ1) is 30.7. The highest BCUT2D eigenvalue weighted by atomic mass is 32.2. The summed E-state index contributed by atoms with van der Waals surface area (Å²) in [5.74, 6) is -0.228. The van der Waals surface area contributed by atoms with E-state index in [2.05, 4.69) is 5.32 Å². The standard InChI is InChI=1S/C31H39N3O5S/c1-6-20-32-31(36)25(5)33(21-26-11-9-8-10-24(26)4)30(35)22-34(27-14-12-23(3)13-15-27)40(37,38)29-18-16-28(17-19-29)39-7-2/h8-19,25H,6-7,20-22H2,1-5H3,(H,32,36)/t25-/m1/s1. The topological polar surface area (TPSA) is 96.0 Å². The van der Waals surface area contributed by atoms with Crippen LogP contribution in [-0.4, -0.2) is 50.9 Å². The predicted molar refractivity (Wildman–Crippen MR) is 158 cm³/mol. The first-order valence-electron chi connectivity index (χ1n) is 13.5. The van der Waals surface area contributed by atoms with E-state index < -0.39 is 28.5 Å². The summed E-state index contributed by atoms with van der Waals surface area (Å²) in [6.45, 7) is 9.93. The molecule has 0 radical (unpaired) electrons. The monoisotopic (exact) mass is 565 g/mol. The second-order valence-corrected chi connectivity index (χ2v) is 11.5. The maximum atomic E-state index is 14.0. The molecule has 3 rings (SSSR count). The van der Waals surface area contributed by atoms with Crippen molar-refractivity contribution in [3.63, 3.8) is 0 Å². The third-order valence-corrected chi connectivity index (χ3v) is 8.43. The fourth-order valence-electron chi connectivity index (χ4n) is 4.19. The number of sulfonamides is 1. The van der Waals surface area contributed by atoms with Gasteiger partial charge >= 0.3 is 0 Å². The molecule has 0 saturated carbocycles. The Morgan fingerprint density at radius 1 is 0.925 bits per heavy atom. The molecule has 0 heterocycles. The van der Waals surface area contributed by atoms with Crippen LogP contribution < -0.4 is 14.4 Å². The zero-order chi connectivity index (χ0) is 29.3. The normalized spacial score (nSPS) is 11.9. The summed E-state index contributed by atoms with van der Waals surface area (Å²) in [4.78, 5) is 28.4. The Hall–Kier alpha value is -3.85. The van der Waals surface area contributed by atoms with Crippen LogP contribution in [0.2, 0.25) is 0 Å². The van der Waals surface area contributed by atoms with Gasteiger partial charge in [0.1, 0.15) is 18.3 Å². The fraction of sp³-hybridized carbons (Fsp3) is 0.355. The molecule has 2 amide bonds.